The number of nitrogens with one attached hydrogen (secondary N) is 1. The molecule has 0 aliphatic carbocycles. The van der Waals surface area contributed by atoms with E-state index >= 15 is 0 Å². The molecule has 0 aliphatic rings. The topological polar surface area (TPSA) is 92.5 Å². The number of nitrogens with two attached hydrogens (primary N) is 1. The van der Waals surface area contributed by atoms with E-state index in [1.165, 1.54) is 6.20 Å². The van der Waals surface area contributed by atoms with Gasteiger partial charge in [0.05, 0.1) is 16.8 Å². The Morgan fingerprint density at radius 3 is 2.56 bits per heavy atom. The number of hydrogen-bond acceptors (Lipinski definition) is 5. The van der Waals surface area contributed by atoms with Gasteiger partial charge in [0.15, 0.2) is 5.82 Å². The van der Waals surface area contributed by atoms with Gasteiger partial charge < -0.3 is 11.1 Å². The standard InChI is InChI=1S/C17H12ClF3N6/c18-13-6-12(17(19,20)21)15(24-8-10-4-2-1-3-5-10)26-16(13)27-14(23)11(7-22)9-25-27/h1-6,9H,8,23H2,(H,24,26). The van der Waals surface area contributed by atoms with Gasteiger partial charge in [0.1, 0.15) is 23.3 Å². The number of nitriles is 1. The van der Waals surface area contributed by atoms with E-state index < -0.39 is 17.6 Å². The number of aromatic nitrogens is 3. The summed E-state index contributed by atoms with van der Waals surface area (Å²) >= 11 is 5.99. The van der Waals surface area contributed by atoms with Crippen LogP contribution in [0.5, 0.6) is 0 Å². The lowest BCUT2D eigenvalue weighted by Crippen LogP contribution is -2.15. The first kappa shape index (κ1) is 18.5. The first-order chi connectivity index (χ1) is 12.8. The molecule has 3 N–H and O–H groups in total. The predicted octanol–water partition coefficient (Wildman–Crippen LogP) is 4.01. The van der Waals surface area contributed by atoms with E-state index in [1.807, 2.05) is 6.07 Å². The molecule has 0 amide bonds. The van der Waals surface area contributed by atoms with E-state index in [0.29, 0.717) is 0 Å². The Morgan fingerprint density at radius 1 is 1.26 bits per heavy atom. The van der Waals surface area contributed by atoms with Gasteiger partial charge in [0, 0.05) is 6.54 Å². The monoisotopic (exact) mass is 392 g/mol. The average molecular weight is 393 g/mol. The van der Waals surface area contributed by atoms with Crippen molar-refractivity contribution in [2.45, 2.75) is 12.7 Å². The molecular weight excluding hydrogens is 381 g/mol. The van der Waals surface area contributed by atoms with E-state index in [1.54, 1.807) is 30.3 Å². The number of anilines is 2. The van der Waals surface area contributed by atoms with Crippen LogP contribution in [0.1, 0.15) is 16.7 Å². The van der Waals surface area contributed by atoms with E-state index in [-0.39, 0.29) is 28.8 Å². The molecule has 1 aromatic carbocycles. The summed E-state index contributed by atoms with van der Waals surface area (Å²) in [6.45, 7) is 0.121. The molecule has 0 saturated heterocycles. The Morgan fingerprint density at radius 2 is 1.96 bits per heavy atom. The minimum atomic E-state index is -4.67. The molecule has 2 aromatic heterocycles. The largest absolute Gasteiger partial charge is 0.420 e. The van der Waals surface area contributed by atoms with Crippen LogP contribution in [-0.2, 0) is 12.7 Å². The Hall–Kier alpha value is -3.25. The Bertz CT molecular complexity index is 1010. The predicted molar refractivity (Wildman–Crippen MR) is 94.3 cm³/mol. The molecule has 2 heterocycles. The molecule has 0 bridgehead atoms. The normalized spacial score (nSPS) is 11.2. The minimum absolute atomic E-state index is 0.0616. The fourth-order valence-corrected chi connectivity index (χ4v) is 2.60. The molecule has 0 radical (unpaired) electrons. The van der Waals surface area contributed by atoms with Crippen molar-refractivity contribution < 1.29 is 13.2 Å². The first-order valence-electron chi connectivity index (χ1n) is 7.60. The zero-order valence-corrected chi connectivity index (χ0v) is 14.4. The van der Waals surface area contributed by atoms with Gasteiger partial charge >= 0.3 is 6.18 Å². The summed E-state index contributed by atoms with van der Waals surface area (Å²) in [5.74, 6) is -0.598. The molecule has 0 saturated carbocycles. The molecule has 0 unspecified atom stereocenters. The molecule has 0 spiro atoms. The molecular formula is C17H12ClF3N6. The highest BCUT2D eigenvalue weighted by molar-refractivity contribution is 6.32. The second kappa shape index (κ2) is 7.17. The average Bonchev–Trinajstić information content (AvgIpc) is 3.01. The number of rotatable bonds is 4. The molecule has 3 aromatic rings. The van der Waals surface area contributed by atoms with Crippen LogP contribution in [0.2, 0.25) is 5.02 Å². The summed E-state index contributed by atoms with van der Waals surface area (Å²) < 4.78 is 41.2. The second-order valence-corrected chi connectivity index (χ2v) is 5.90. The highest BCUT2D eigenvalue weighted by Crippen LogP contribution is 2.37. The second-order valence-electron chi connectivity index (χ2n) is 5.49. The van der Waals surface area contributed by atoms with Crippen molar-refractivity contribution in [3.8, 4) is 11.9 Å². The fraction of sp³-hybridized carbons (Fsp3) is 0.118. The summed E-state index contributed by atoms with van der Waals surface area (Å²) in [6, 6.07) is 11.5. The van der Waals surface area contributed by atoms with Crippen LogP contribution in [0, 0.1) is 11.3 Å². The quantitative estimate of drug-likeness (QED) is 0.700. The summed E-state index contributed by atoms with van der Waals surface area (Å²) in [6.07, 6.45) is -3.48. The summed E-state index contributed by atoms with van der Waals surface area (Å²) in [5.41, 5.74) is 5.61. The first-order valence-corrected chi connectivity index (χ1v) is 7.98. The number of hydrogen-bond donors (Lipinski definition) is 2. The summed E-state index contributed by atoms with van der Waals surface area (Å²) in [5, 5.41) is 15.2. The van der Waals surface area contributed by atoms with Crippen LogP contribution in [-0.4, -0.2) is 14.8 Å². The van der Waals surface area contributed by atoms with Crippen LogP contribution in [0.15, 0.2) is 42.6 Å². The van der Waals surface area contributed by atoms with Crippen LogP contribution in [0.25, 0.3) is 5.82 Å². The smallest absolute Gasteiger partial charge is 0.382 e. The van der Waals surface area contributed by atoms with Crippen molar-refractivity contribution in [1.29, 1.82) is 5.26 Å². The molecule has 10 heteroatoms. The van der Waals surface area contributed by atoms with Crippen molar-refractivity contribution in [2.24, 2.45) is 0 Å². The van der Waals surface area contributed by atoms with Gasteiger partial charge in [0.2, 0.25) is 0 Å². The molecule has 3 rings (SSSR count). The van der Waals surface area contributed by atoms with Crippen molar-refractivity contribution in [1.82, 2.24) is 14.8 Å². The maximum atomic E-state index is 13.4. The minimum Gasteiger partial charge on any atom is -0.382 e. The van der Waals surface area contributed by atoms with Gasteiger partial charge in [-0.2, -0.15) is 28.2 Å². The lowest BCUT2D eigenvalue weighted by Gasteiger charge is -2.16. The molecule has 138 valence electrons. The zero-order chi connectivity index (χ0) is 19.6. The summed E-state index contributed by atoms with van der Waals surface area (Å²) in [4.78, 5) is 3.98. The Kier molecular flexibility index (Phi) is 4.92. The van der Waals surface area contributed by atoms with Crippen LogP contribution >= 0.6 is 11.6 Å². The lowest BCUT2D eigenvalue weighted by atomic mass is 10.2. The molecule has 6 nitrogen and oxygen atoms in total. The van der Waals surface area contributed by atoms with Crippen molar-refractivity contribution in [2.75, 3.05) is 11.1 Å². The van der Waals surface area contributed by atoms with Crippen LogP contribution in [0.4, 0.5) is 24.8 Å². The Balaban J connectivity index is 2.06. The van der Waals surface area contributed by atoms with Gasteiger partial charge in [-0.05, 0) is 11.6 Å². The fourth-order valence-electron chi connectivity index (χ4n) is 2.37. The van der Waals surface area contributed by atoms with E-state index in [2.05, 4.69) is 15.4 Å². The van der Waals surface area contributed by atoms with Gasteiger partial charge in [-0.1, -0.05) is 41.9 Å². The van der Waals surface area contributed by atoms with Crippen molar-refractivity contribution in [3.05, 3.63) is 64.3 Å². The number of pyridine rings is 1. The lowest BCUT2D eigenvalue weighted by molar-refractivity contribution is -0.137. The third kappa shape index (κ3) is 3.80. The third-order valence-corrected chi connectivity index (χ3v) is 3.97. The number of benzene rings is 1. The number of alkyl halides is 3. The zero-order valence-electron chi connectivity index (χ0n) is 13.6. The van der Waals surface area contributed by atoms with Gasteiger partial charge in [0.25, 0.3) is 0 Å². The van der Waals surface area contributed by atoms with Crippen LogP contribution in [0.3, 0.4) is 0 Å². The van der Waals surface area contributed by atoms with Gasteiger partial charge in [-0.3, -0.25) is 0 Å². The summed E-state index contributed by atoms with van der Waals surface area (Å²) in [7, 11) is 0. The maximum Gasteiger partial charge on any atom is 0.420 e. The van der Waals surface area contributed by atoms with Crippen LogP contribution < -0.4 is 11.1 Å². The van der Waals surface area contributed by atoms with E-state index in [0.717, 1.165) is 16.3 Å². The highest BCUT2D eigenvalue weighted by atomic mass is 35.5. The Labute approximate surface area is 157 Å². The van der Waals surface area contributed by atoms with Gasteiger partial charge in [-0.15, -0.1) is 0 Å². The highest BCUT2D eigenvalue weighted by Gasteiger charge is 2.36. The van der Waals surface area contributed by atoms with Crippen molar-refractivity contribution >= 4 is 23.2 Å². The molecule has 0 fully saturated rings. The number of halogens is 4. The number of nitrogens with zero attached hydrogens (tertiary/aromatic N) is 4. The van der Waals surface area contributed by atoms with Gasteiger partial charge in [-0.25, -0.2) is 4.98 Å². The SMILES string of the molecule is N#Cc1cnn(-c2nc(NCc3ccccc3)c(C(F)(F)F)cc2Cl)c1N. The molecule has 0 aliphatic heterocycles. The van der Waals surface area contributed by atoms with E-state index in [4.69, 9.17) is 22.6 Å². The molecule has 0 atom stereocenters. The maximum absolute atomic E-state index is 13.4. The molecule has 27 heavy (non-hydrogen) atoms. The number of nitrogen functional groups attached to an aromatic ring is 1. The third-order valence-electron chi connectivity index (χ3n) is 3.69. The van der Waals surface area contributed by atoms with E-state index in [9.17, 15) is 13.2 Å². The van der Waals surface area contributed by atoms with Crippen molar-refractivity contribution in [3.63, 3.8) is 0 Å².